The smallest absolute Gasteiger partial charge is 0.264 e. The lowest BCUT2D eigenvalue weighted by atomic mass is 10.2. The Labute approximate surface area is 85.2 Å². The van der Waals surface area contributed by atoms with Crippen molar-refractivity contribution in [1.82, 2.24) is 4.98 Å². The zero-order chi connectivity index (χ0) is 11.6. The third-order valence-corrected chi connectivity index (χ3v) is 1.15. The monoisotopic (exact) mass is 203 g/mol. The van der Waals surface area contributed by atoms with Crippen LogP contribution < -0.4 is 0 Å². The zero-order valence-corrected chi connectivity index (χ0v) is 9.51. The number of aryl methyl sites for hydroxylation is 1. The van der Waals surface area contributed by atoms with Crippen LogP contribution in [0.5, 0.6) is 0 Å². The highest BCUT2D eigenvalue weighted by molar-refractivity contribution is 5.17. The first-order chi connectivity index (χ1) is 6.70. The predicted molar refractivity (Wildman–Crippen MR) is 56.6 cm³/mol. The quantitative estimate of drug-likeness (QED) is 0.660. The molecule has 0 bridgehead atoms. The molecular weight excluding hydrogens is 184 g/mol. The van der Waals surface area contributed by atoms with E-state index in [4.69, 9.17) is 0 Å². The van der Waals surface area contributed by atoms with E-state index in [-0.39, 0.29) is 5.56 Å². The Morgan fingerprint density at radius 3 is 1.86 bits per heavy atom. The van der Waals surface area contributed by atoms with Crippen LogP contribution in [0.1, 0.15) is 45.2 Å². The van der Waals surface area contributed by atoms with Crippen LogP contribution in [0.4, 0.5) is 8.78 Å². The van der Waals surface area contributed by atoms with Gasteiger partial charge in [0.1, 0.15) is 0 Å². The molecule has 3 heteroatoms. The fourth-order valence-electron chi connectivity index (χ4n) is 0.698. The minimum atomic E-state index is -2.41. The molecule has 1 aromatic rings. The molecule has 1 rings (SSSR count). The van der Waals surface area contributed by atoms with Crippen LogP contribution in [-0.4, -0.2) is 4.98 Å². The van der Waals surface area contributed by atoms with Crippen LogP contribution in [0.15, 0.2) is 18.5 Å². The normalized spacial score (nSPS) is 8.29. The molecule has 0 aliphatic heterocycles. The number of pyridine rings is 1. The summed E-state index contributed by atoms with van der Waals surface area (Å²) in [5.41, 5.74) is 0.748. The third-order valence-electron chi connectivity index (χ3n) is 1.15. The van der Waals surface area contributed by atoms with Gasteiger partial charge in [0, 0.05) is 18.0 Å². The number of alkyl halides is 2. The third kappa shape index (κ3) is 6.52. The SMILES string of the molecule is CC.CC.Cc1cncc(C(F)F)c1. The van der Waals surface area contributed by atoms with E-state index in [0.717, 1.165) is 5.56 Å². The molecular formula is C11H19F2N. The highest BCUT2D eigenvalue weighted by atomic mass is 19.3. The maximum atomic E-state index is 11.9. The Hall–Kier alpha value is -0.990. The molecule has 0 spiro atoms. The van der Waals surface area contributed by atoms with Gasteiger partial charge in [0.05, 0.1) is 0 Å². The molecule has 0 aromatic carbocycles. The fraction of sp³-hybridized carbons (Fsp3) is 0.545. The Morgan fingerprint density at radius 2 is 1.57 bits per heavy atom. The summed E-state index contributed by atoms with van der Waals surface area (Å²) < 4.78 is 23.8. The maximum Gasteiger partial charge on any atom is 0.265 e. The Bertz CT molecular complexity index is 224. The van der Waals surface area contributed by atoms with E-state index in [1.54, 1.807) is 13.1 Å². The molecule has 0 aliphatic carbocycles. The largest absolute Gasteiger partial charge is 0.265 e. The summed E-state index contributed by atoms with van der Waals surface area (Å²) in [7, 11) is 0. The fourth-order valence-corrected chi connectivity index (χ4v) is 0.698. The highest BCUT2D eigenvalue weighted by Gasteiger charge is 2.05. The first-order valence-corrected chi connectivity index (χ1v) is 4.90. The van der Waals surface area contributed by atoms with Crippen LogP contribution in [-0.2, 0) is 0 Å². The molecule has 0 aliphatic rings. The zero-order valence-electron chi connectivity index (χ0n) is 9.51. The van der Waals surface area contributed by atoms with Crippen molar-refractivity contribution >= 4 is 0 Å². The number of hydrogen-bond donors (Lipinski definition) is 0. The standard InChI is InChI=1S/C7H7F2N.2C2H6/c1-5-2-6(7(8)9)4-10-3-5;2*1-2/h2-4,7H,1H3;2*1-2H3. The Balaban J connectivity index is 0. The van der Waals surface area contributed by atoms with E-state index in [2.05, 4.69) is 4.98 Å². The molecule has 0 radical (unpaired) electrons. The van der Waals surface area contributed by atoms with Gasteiger partial charge < -0.3 is 0 Å². The molecule has 1 nitrogen and oxygen atoms in total. The second kappa shape index (κ2) is 10.1. The van der Waals surface area contributed by atoms with Gasteiger partial charge in [0.25, 0.3) is 6.43 Å². The summed E-state index contributed by atoms with van der Waals surface area (Å²) in [5.74, 6) is 0. The van der Waals surface area contributed by atoms with Crippen molar-refractivity contribution in [2.45, 2.75) is 41.0 Å². The van der Waals surface area contributed by atoms with Gasteiger partial charge in [0.15, 0.2) is 0 Å². The molecule has 0 atom stereocenters. The van der Waals surface area contributed by atoms with Crippen LogP contribution in [0, 0.1) is 6.92 Å². The number of rotatable bonds is 1. The molecule has 0 fully saturated rings. The van der Waals surface area contributed by atoms with Gasteiger partial charge in [-0.15, -0.1) is 0 Å². The topological polar surface area (TPSA) is 12.9 Å². The van der Waals surface area contributed by atoms with Crippen molar-refractivity contribution < 1.29 is 8.78 Å². The molecule has 0 saturated carbocycles. The van der Waals surface area contributed by atoms with Gasteiger partial charge in [-0.05, 0) is 18.6 Å². The van der Waals surface area contributed by atoms with E-state index >= 15 is 0 Å². The number of aromatic nitrogens is 1. The summed E-state index contributed by atoms with van der Waals surface area (Å²) in [6.45, 7) is 9.74. The van der Waals surface area contributed by atoms with E-state index in [9.17, 15) is 8.78 Å². The summed E-state index contributed by atoms with van der Waals surface area (Å²) in [6.07, 6.45) is 0.316. The molecule has 0 N–H and O–H groups in total. The van der Waals surface area contributed by atoms with Crippen molar-refractivity contribution in [1.29, 1.82) is 0 Å². The van der Waals surface area contributed by atoms with Gasteiger partial charge in [0.2, 0.25) is 0 Å². The molecule has 1 heterocycles. The second-order valence-corrected chi connectivity index (χ2v) is 2.10. The number of nitrogens with zero attached hydrogens (tertiary/aromatic N) is 1. The lowest BCUT2D eigenvalue weighted by molar-refractivity contribution is 0.151. The Morgan fingerprint density at radius 1 is 1.07 bits per heavy atom. The summed E-state index contributed by atoms with van der Waals surface area (Å²) >= 11 is 0. The van der Waals surface area contributed by atoms with Gasteiger partial charge in [-0.25, -0.2) is 8.78 Å². The Kier molecular flexibility index (Phi) is 11.2. The van der Waals surface area contributed by atoms with Crippen LogP contribution in [0.2, 0.25) is 0 Å². The average molecular weight is 203 g/mol. The number of halogens is 2. The van der Waals surface area contributed by atoms with Crippen molar-refractivity contribution in [3.8, 4) is 0 Å². The molecule has 0 amide bonds. The van der Waals surface area contributed by atoms with Gasteiger partial charge in [-0.3, -0.25) is 4.98 Å². The minimum Gasteiger partial charge on any atom is -0.264 e. The first kappa shape index (κ1) is 15.5. The molecule has 1 aromatic heterocycles. The average Bonchev–Trinajstić information content (AvgIpc) is 2.24. The lowest BCUT2D eigenvalue weighted by Gasteiger charge is -1.97. The minimum absolute atomic E-state index is 0.0139. The van der Waals surface area contributed by atoms with E-state index in [1.165, 1.54) is 12.3 Å². The number of hydrogen-bond acceptors (Lipinski definition) is 1. The van der Waals surface area contributed by atoms with Crippen LogP contribution in [0.25, 0.3) is 0 Å². The van der Waals surface area contributed by atoms with Gasteiger partial charge in [-0.2, -0.15) is 0 Å². The van der Waals surface area contributed by atoms with E-state index in [1.807, 2.05) is 27.7 Å². The lowest BCUT2D eigenvalue weighted by Crippen LogP contribution is -1.86. The predicted octanol–water partition coefficient (Wildman–Crippen LogP) is 4.38. The van der Waals surface area contributed by atoms with Crippen LogP contribution >= 0.6 is 0 Å². The maximum absolute atomic E-state index is 11.9. The van der Waals surface area contributed by atoms with E-state index in [0.29, 0.717) is 0 Å². The van der Waals surface area contributed by atoms with Crippen molar-refractivity contribution in [3.05, 3.63) is 29.6 Å². The first-order valence-electron chi connectivity index (χ1n) is 4.90. The highest BCUT2D eigenvalue weighted by Crippen LogP contribution is 2.17. The van der Waals surface area contributed by atoms with Crippen LogP contribution in [0.3, 0.4) is 0 Å². The molecule has 14 heavy (non-hydrogen) atoms. The van der Waals surface area contributed by atoms with E-state index < -0.39 is 6.43 Å². The van der Waals surface area contributed by atoms with Gasteiger partial charge in [-0.1, -0.05) is 27.7 Å². The van der Waals surface area contributed by atoms with Crippen molar-refractivity contribution in [2.75, 3.05) is 0 Å². The molecule has 0 unspecified atom stereocenters. The van der Waals surface area contributed by atoms with Crippen molar-refractivity contribution in [3.63, 3.8) is 0 Å². The summed E-state index contributed by atoms with van der Waals surface area (Å²) in [4.78, 5) is 3.63. The van der Waals surface area contributed by atoms with Crippen molar-refractivity contribution in [2.24, 2.45) is 0 Å². The molecule has 0 saturated heterocycles. The second-order valence-electron chi connectivity index (χ2n) is 2.10. The molecule has 82 valence electrons. The summed E-state index contributed by atoms with van der Waals surface area (Å²) in [6, 6.07) is 1.43. The van der Waals surface area contributed by atoms with Gasteiger partial charge >= 0.3 is 0 Å². The summed E-state index contributed by atoms with van der Waals surface area (Å²) in [5, 5.41) is 0.